The predicted octanol–water partition coefficient (Wildman–Crippen LogP) is 1.52. The van der Waals surface area contributed by atoms with E-state index in [-0.39, 0.29) is 30.1 Å². The van der Waals surface area contributed by atoms with Crippen molar-refractivity contribution in [3.8, 4) is 0 Å². The van der Waals surface area contributed by atoms with Crippen LogP contribution in [0.1, 0.15) is 39.0 Å². The zero-order chi connectivity index (χ0) is 22.7. The van der Waals surface area contributed by atoms with Gasteiger partial charge in [0.25, 0.3) is 0 Å². The number of rotatable bonds is 6. The molecular formula is C21H29N3O7S. The first-order chi connectivity index (χ1) is 15.3. The minimum atomic E-state index is -3.83. The normalized spacial score (nSPS) is 28.2. The Hall–Kier alpha value is -2.21. The number of benzene rings is 1. The first-order valence-electron chi connectivity index (χ1n) is 10.9. The molecule has 4 rings (SSSR count). The van der Waals surface area contributed by atoms with Crippen LogP contribution in [-0.4, -0.2) is 64.0 Å². The van der Waals surface area contributed by atoms with Crippen LogP contribution in [0.15, 0.2) is 29.2 Å². The van der Waals surface area contributed by atoms with Gasteiger partial charge in [0.05, 0.1) is 24.2 Å². The van der Waals surface area contributed by atoms with Gasteiger partial charge in [-0.25, -0.2) is 17.9 Å². The number of carbonyl (C=O) groups is 2. The van der Waals surface area contributed by atoms with Gasteiger partial charge in [0.2, 0.25) is 15.9 Å². The summed E-state index contributed by atoms with van der Waals surface area (Å²) in [6.07, 6.45) is 3.15. The molecule has 11 heteroatoms. The second-order valence-corrected chi connectivity index (χ2v) is 10.2. The molecule has 176 valence electrons. The number of carbonyl (C=O) groups excluding carboxylic acids is 2. The maximum Gasteiger partial charge on any atom is 0.407 e. The molecule has 3 N–H and O–H groups in total. The van der Waals surface area contributed by atoms with Crippen molar-refractivity contribution in [1.82, 2.24) is 10.0 Å². The zero-order valence-corrected chi connectivity index (χ0v) is 18.7. The molecular weight excluding hydrogens is 438 g/mol. The Kier molecular flexibility index (Phi) is 6.99. The molecule has 3 aliphatic rings. The Labute approximate surface area is 187 Å². The van der Waals surface area contributed by atoms with Crippen molar-refractivity contribution in [2.24, 2.45) is 0 Å². The molecule has 2 heterocycles. The average Bonchev–Trinajstić information content (AvgIpc) is 3.32. The monoisotopic (exact) mass is 467 g/mol. The highest BCUT2D eigenvalue weighted by molar-refractivity contribution is 7.89. The molecule has 1 aromatic carbocycles. The van der Waals surface area contributed by atoms with E-state index in [0.29, 0.717) is 5.69 Å². The lowest BCUT2D eigenvalue weighted by atomic mass is 9.96. The maximum atomic E-state index is 12.8. The van der Waals surface area contributed by atoms with Crippen molar-refractivity contribution in [2.45, 2.75) is 74.3 Å². The number of ether oxygens (including phenoxy) is 3. The molecule has 2 amide bonds. The summed E-state index contributed by atoms with van der Waals surface area (Å²) in [5.74, 6) is -0.240. The van der Waals surface area contributed by atoms with Crippen LogP contribution in [0.2, 0.25) is 0 Å². The highest BCUT2D eigenvalue weighted by Gasteiger charge is 2.50. The van der Waals surface area contributed by atoms with Gasteiger partial charge in [-0.3, -0.25) is 4.79 Å². The smallest absolute Gasteiger partial charge is 0.407 e. The number of alkyl carbamates (subject to hydrolysis) is 1. The van der Waals surface area contributed by atoms with E-state index in [1.54, 1.807) is 0 Å². The van der Waals surface area contributed by atoms with Gasteiger partial charge in [0.15, 0.2) is 6.10 Å². The summed E-state index contributed by atoms with van der Waals surface area (Å²) in [7, 11) is -3.83. The standard InChI is InChI=1S/C21H29N3O7S/c1-13(25)22-15-7-9-16(10-8-15)32(27,28)24-17-11-29-20-18(12-30-19(17)20)31-21(26)23-14-5-3-2-4-6-14/h7-10,14,17-20,24H,2-6,11-12H2,1H3,(H,22,25)(H,23,26). The number of anilines is 1. The lowest BCUT2D eigenvalue weighted by Gasteiger charge is -2.24. The molecule has 0 aromatic heterocycles. The molecule has 0 radical (unpaired) electrons. The molecule has 32 heavy (non-hydrogen) atoms. The number of fused-ring (bicyclic) bond motifs is 1. The Bertz CT molecular complexity index is 931. The molecule has 2 saturated heterocycles. The van der Waals surface area contributed by atoms with Crippen molar-refractivity contribution >= 4 is 27.7 Å². The molecule has 1 saturated carbocycles. The third-order valence-corrected chi connectivity index (χ3v) is 7.49. The highest BCUT2D eigenvalue weighted by atomic mass is 32.2. The van der Waals surface area contributed by atoms with Crippen LogP contribution in [-0.2, 0) is 29.0 Å². The molecule has 4 atom stereocenters. The lowest BCUT2D eigenvalue weighted by molar-refractivity contribution is -0.114. The number of hydrogen-bond acceptors (Lipinski definition) is 7. The van der Waals surface area contributed by atoms with E-state index in [4.69, 9.17) is 14.2 Å². The van der Waals surface area contributed by atoms with E-state index in [1.165, 1.54) is 37.6 Å². The van der Waals surface area contributed by atoms with E-state index >= 15 is 0 Å². The van der Waals surface area contributed by atoms with Gasteiger partial charge >= 0.3 is 6.09 Å². The number of hydrogen-bond donors (Lipinski definition) is 3. The molecule has 3 fully saturated rings. The quantitative estimate of drug-likeness (QED) is 0.578. The minimum Gasteiger partial charge on any atom is -0.441 e. The molecule has 4 unspecified atom stereocenters. The number of sulfonamides is 1. The fourth-order valence-electron chi connectivity index (χ4n) is 4.44. The molecule has 1 aliphatic carbocycles. The van der Waals surface area contributed by atoms with Crippen molar-refractivity contribution in [1.29, 1.82) is 0 Å². The molecule has 2 aliphatic heterocycles. The van der Waals surface area contributed by atoms with Crippen LogP contribution in [0.25, 0.3) is 0 Å². The Morgan fingerprint density at radius 1 is 1.00 bits per heavy atom. The van der Waals surface area contributed by atoms with E-state index in [0.717, 1.165) is 25.7 Å². The summed E-state index contributed by atoms with van der Waals surface area (Å²) < 4.78 is 45.2. The third kappa shape index (κ3) is 5.40. The van der Waals surface area contributed by atoms with Gasteiger partial charge in [-0.05, 0) is 37.1 Å². The summed E-state index contributed by atoms with van der Waals surface area (Å²) in [6.45, 7) is 1.64. The largest absolute Gasteiger partial charge is 0.441 e. The fraction of sp³-hybridized carbons (Fsp3) is 0.619. The topological polar surface area (TPSA) is 132 Å². The van der Waals surface area contributed by atoms with Crippen molar-refractivity contribution in [3.63, 3.8) is 0 Å². The fourth-order valence-corrected chi connectivity index (χ4v) is 5.67. The van der Waals surface area contributed by atoms with Gasteiger partial charge in [0.1, 0.15) is 12.2 Å². The third-order valence-electron chi connectivity index (χ3n) is 5.99. The first kappa shape index (κ1) is 23.0. The van der Waals surface area contributed by atoms with Crippen LogP contribution >= 0.6 is 0 Å². The van der Waals surface area contributed by atoms with Crippen LogP contribution in [0.5, 0.6) is 0 Å². The summed E-state index contributed by atoms with van der Waals surface area (Å²) in [5.41, 5.74) is 0.506. The Morgan fingerprint density at radius 2 is 1.69 bits per heavy atom. The molecule has 0 spiro atoms. The Balaban J connectivity index is 1.32. The second-order valence-electron chi connectivity index (χ2n) is 8.45. The van der Waals surface area contributed by atoms with E-state index in [9.17, 15) is 18.0 Å². The summed E-state index contributed by atoms with van der Waals surface area (Å²) in [5, 5.41) is 5.49. The number of amides is 2. The minimum absolute atomic E-state index is 0.0627. The van der Waals surface area contributed by atoms with Crippen LogP contribution in [0.4, 0.5) is 10.5 Å². The van der Waals surface area contributed by atoms with E-state index < -0.39 is 40.5 Å². The maximum absolute atomic E-state index is 12.8. The Morgan fingerprint density at radius 3 is 2.38 bits per heavy atom. The van der Waals surface area contributed by atoms with Crippen LogP contribution in [0, 0.1) is 0 Å². The predicted molar refractivity (Wildman–Crippen MR) is 115 cm³/mol. The van der Waals surface area contributed by atoms with Crippen LogP contribution < -0.4 is 15.4 Å². The zero-order valence-electron chi connectivity index (χ0n) is 17.9. The highest BCUT2D eigenvalue weighted by Crippen LogP contribution is 2.30. The van der Waals surface area contributed by atoms with Gasteiger partial charge in [-0.15, -0.1) is 0 Å². The summed E-state index contributed by atoms with van der Waals surface area (Å²) >= 11 is 0. The number of nitrogens with one attached hydrogen (secondary N) is 3. The van der Waals surface area contributed by atoms with Gasteiger partial charge in [-0.2, -0.15) is 0 Å². The SMILES string of the molecule is CC(=O)Nc1ccc(S(=O)(=O)NC2COC3C(OC(=O)NC4CCCCC4)COC23)cc1. The summed E-state index contributed by atoms with van der Waals surface area (Å²) in [4.78, 5) is 23.4. The summed E-state index contributed by atoms with van der Waals surface area (Å²) in [6, 6.07) is 5.40. The van der Waals surface area contributed by atoms with Gasteiger partial charge in [0, 0.05) is 18.7 Å². The van der Waals surface area contributed by atoms with E-state index in [2.05, 4.69) is 15.4 Å². The van der Waals surface area contributed by atoms with Gasteiger partial charge in [-0.1, -0.05) is 19.3 Å². The molecule has 10 nitrogen and oxygen atoms in total. The molecule has 0 bridgehead atoms. The lowest BCUT2D eigenvalue weighted by Crippen LogP contribution is -2.45. The van der Waals surface area contributed by atoms with Crippen LogP contribution in [0.3, 0.4) is 0 Å². The van der Waals surface area contributed by atoms with E-state index in [1.807, 2.05) is 0 Å². The van der Waals surface area contributed by atoms with Crippen molar-refractivity contribution < 1.29 is 32.2 Å². The van der Waals surface area contributed by atoms with Crippen molar-refractivity contribution in [2.75, 3.05) is 18.5 Å². The van der Waals surface area contributed by atoms with Crippen molar-refractivity contribution in [3.05, 3.63) is 24.3 Å². The average molecular weight is 468 g/mol. The molecule has 1 aromatic rings. The second kappa shape index (κ2) is 9.74. The van der Waals surface area contributed by atoms with Gasteiger partial charge < -0.3 is 24.8 Å². The first-order valence-corrected chi connectivity index (χ1v) is 12.4.